The van der Waals surface area contributed by atoms with Crippen LogP contribution in [0.4, 0.5) is 0 Å². The fraction of sp³-hybridized carbons (Fsp3) is 0.929. The number of hydrogen-bond acceptors (Lipinski definition) is 4. The van der Waals surface area contributed by atoms with Crippen LogP contribution in [0, 0.1) is 5.92 Å². The van der Waals surface area contributed by atoms with Crippen molar-refractivity contribution in [3.05, 3.63) is 0 Å². The third kappa shape index (κ3) is 6.59. The Morgan fingerprint density at radius 2 is 2.11 bits per heavy atom. The highest BCUT2D eigenvalue weighted by Crippen LogP contribution is 2.16. The Hall–Kier alpha value is -0.320. The summed E-state index contributed by atoms with van der Waals surface area (Å²) in [5.41, 5.74) is -0.418. The molecule has 0 aromatic heterocycles. The van der Waals surface area contributed by atoms with Crippen molar-refractivity contribution in [1.29, 1.82) is 0 Å². The second-order valence-electron chi connectivity index (χ2n) is 6.25. The van der Waals surface area contributed by atoms with Crippen LogP contribution in [0.5, 0.6) is 0 Å². The Balaban J connectivity index is 0.00000324. The number of halogens is 1. The average molecular weight is 293 g/mol. The molecule has 0 radical (unpaired) electrons. The van der Waals surface area contributed by atoms with Crippen LogP contribution >= 0.6 is 12.4 Å². The maximum atomic E-state index is 12.2. The van der Waals surface area contributed by atoms with Crippen LogP contribution in [0.3, 0.4) is 0 Å². The summed E-state index contributed by atoms with van der Waals surface area (Å²) in [5.74, 6) is 0.171. The largest absolute Gasteiger partial charge is 0.459 e. The molecular weight excluding hydrogens is 264 g/mol. The van der Waals surface area contributed by atoms with Gasteiger partial charge in [0, 0.05) is 12.6 Å². The third-order valence-electron chi connectivity index (χ3n) is 3.35. The molecule has 0 aliphatic carbocycles. The van der Waals surface area contributed by atoms with Gasteiger partial charge in [0.2, 0.25) is 0 Å². The molecule has 0 saturated carbocycles. The predicted molar refractivity (Wildman–Crippen MR) is 80.7 cm³/mol. The fourth-order valence-corrected chi connectivity index (χ4v) is 2.12. The number of ether oxygens (including phenoxy) is 1. The molecule has 0 spiro atoms. The van der Waals surface area contributed by atoms with Crippen molar-refractivity contribution in [3.8, 4) is 0 Å². The molecular formula is C14H29ClN2O2. The van der Waals surface area contributed by atoms with E-state index < -0.39 is 5.60 Å². The monoisotopic (exact) mass is 292 g/mol. The van der Waals surface area contributed by atoms with Crippen molar-refractivity contribution in [2.45, 2.75) is 65.1 Å². The Morgan fingerprint density at radius 3 is 2.53 bits per heavy atom. The van der Waals surface area contributed by atoms with Crippen LogP contribution in [0.25, 0.3) is 0 Å². The van der Waals surface area contributed by atoms with Gasteiger partial charge in [-0.05, 0) is 39.7 Å². The number of hydrogen-bond donors (Lipinski definition) is 2. The van der Waals surface area contributed by atoms with Crippen molar-refractivity contribution >= 4 is 18.4 Å². The zero-order valence-electron chi connectivity index (χ0n) is 12.8. The lowest BCUT2D eigenvalue weighted by Gasteiger charge is -2.29. The molecule has 0 aromatic rings. The van der Waals surface area contributed by atoms with Gasteiger partial charge in [0.15, 0.2) is 0 Å². The van der Waals surface area contributed by atoms with E-state index in [9.17, 15) is 4.79 Å². The molecule has 19 heavy (non-hydrogen) atoms. The van der Waals surface area contributed by atoms with E-state index in [1.54, 1.807) is 0 Å². The summed E-state index contributed by atoms with van der Waals surface area (Å²) in [6.45, 7) is 11.9. The molecule has 0 aromatic carbocycles. The highest BCUT2D eigenvalue weighted by Gasteiger charge is 2.31. The summed E-state index contributed by atoms with van der Waals surface area (Å²) in [5, 5.41) is 6.76. The smallest absolute Gasteiger partial charge is 0.323 e. The van der Waals surface area contributed by atoms with E-state index in [0.717, 1.165) is 25.9 Å². The zero-order valence-corrected chi connectivity index (χ0v) is 13.6. The Kier molecular flexibility index (Phi) is 7.94. The summed E-state index contributed by atoms with van der Waals surface area (Å²) in [6, 6.07) is 0.190. The minimum Gasteiger partial charge on any atom is -0.459 e. The van der Waals surface area contributed by atoms with E-state index >= 15 is 0 Å². The second-order valence-corrected chi connectivity index (χ2v) is 6.25. The Labute approximate surface area is 123 Å². The highest BCUT2D eigenvalue weighted by molar-refractivity contribution is 5.85. The van der Waals surface area contributed by atoms with Crippen molar-refractivity contribution in [2.75, 3.05) is 13.1 Å². The number of nitrogens with one attached hydrogen (secondary N) is 2. The van der Waals surface area contributed by atoms with Gasteiger partial charge < -0.3 is 15.4 Å². The van der Waals surface area contributed by atoms with E-state index in [1.807, 2.05) is 20.8 Å². The summed E-state index contributed by atoms with van der Waals surface area (Å²) in [7, 11) is 0. The minimum atomic E-state index is -0.418. The van der Waals surface area contributed by atoms with Gasteiger partial charge in [-0.3, -0.25) is 4.79 Å². The van der Waals surface area contributed by atoms with Crippen molar-refractivity contribution in [3.63, 3.8) is 0 Å². The van der Waals surface area contributed by atoms with Gasteiger partial charge in [-0.15, -0.1) is 12.4 Å². The van der Waals surface area contributed by atoms with Gasteiger partial charge in [-0.2, -0.15) is 0 Å². The molecule has 1 fully saturated rings. The van der Waals surface area contributed by atoms with Gasteiger partial charge >= 0.3 is 5.97 Å². The first kappa shape index (κ1) is 18.7. The lowest BCUT2D eigenvalue weighted by atomic mass is 9.97. The van der Waals surface area contributed by atoms with Crippen molar-refractivity contribution < 1.29 is 9.53 Å². The normalized spacial score (nSPS) is 22.5. The van der Waals surface area contributed by atoms with E-state index in [-0.39, 0.29) is 24.4 Å². The van der Waals surface area contributed by atoms with Crippen LogP contribution < -0.4 is 10.6 Å². The maximum Gasteiger partial charge on any atom is 0.323 e. The van der Waals surface area contributed by atoms with Crippen molar-refractivity contribution in [1.82, 2.24) is 10.6 Å². The topological polar surface area (TPSA) is 50.4 Å². The summed E-state index contributed by atoms with van der Waals surface area (Å²) < 4.78 is 5.51. The second kappa shape index (κ2) is 8.08. The predicted octanol–water partition coefficient (Wildman–Crippen LogP) is 2.12. The summed E-state index contributed by atoms with van der Waals surface area (Å²) in [4.78, 5) is 12.2. The van der Waals surface area contributed by atoms with E-state index in [0.29, 0.717) is 12.0 Å². The van der Waals surface area contributed by atoms with Gasteiger partial charge in [0.05, 0.1) is 0 Å². The molecule has 0 bridgehead atoms. The van der Waals surface area contributed by atoms with Crippen LogP contribution in [0.15, 0.2) is 0 Å². The van der Waals surface area contributed by atoms with Gasteiger partial charge in [-0.25, -0.2) is 0 Å². The van der Waals surface area contributed by atoms with Gasteiger partial charge in [0.1, 0.15) is 11.6 Å². The van der Waals surface area contributed by atoms with Crippen LogP contribution in [0.1, 0.15) is 47.5 Å². The van der Waals surface area contributed by atoms with E-state index in [4.69, 9.17) is 4.74 Å². The molecule has 1 aliphatic rings. The first-order valence-corrected chi connectivity index (χ1v) is 7.03. The molecule has 3 atom stereocenters. The van der Waals surface area contributed by atoms with Gasteiger partial charge in [0.25, 0.3) is 0 Å². The molecule has 0 amide bonds. The number of carbonyl (C=O) groups excluding carboxylic acids is 1. The lowest BCUT2D eigenvalue weighted by molar-refractivity contribution is -0.159. The summed E-state index contributed by atoms with van der Waals surface area (Å²) >= 11 is 0. The minimum absolute atomic E-state index is 0. The number of carbonyl (C=O) groups is 1. The number of rotatable bonds is 5. The van der Waals surface area contributed by atoms with Crippen LogP contribution in [-0.2, 0) is 9.53 Å². The van der Waals surface area contributed by atoms with Crippen LogP contribution in [0.2, 0.25) is 0 Å². The highest BCUT2D eigenvalue weighted by atomic mass is 35.5. The van der Waals surface area contributed by atoms with Crippen molar-refractivity contribution in [2.24, 2.45) is 5.92 Å². The standard InChI is InChI=1S/C14H28N2O2.ClH/c1-6-10(2)12(13(17)18-14(3,4)5)16-11-7-8-15-9-11;/h10-12,15-16H,6-9H2,1-5H3;1H/t10?,11-,12?;/m0./s1. The Bertz CT molecular complexity index is 273. The first-order chi connectivity index (χ1) is 8.33. The molecule has 114 valence electrons. The van der Waals surface area contributed by atoms with Gasteiger partial charge in [-0.1, -0.05) is 20.3 Å². The Morgan fingerprint density at radius 1 is 1.47 bits per heavy atom. The first-order valence-electron chi connectivity index (χ1n) is 7.03. The van der Waals surface area contributed by atoms with E-state index in [2.05, 4.69) is 24.5 Å². The zero-order chi connectivity index (χ0) is 13.8. The quantitative estimate of drug-likeness (QED) is 0.762. The van der Waals surface area contributed by atoms with E-state index in [1.165, 1.54) is 0 Å². The molecule has 2 unspecified atom stereocenters. The lowest BCUT2D eigenvalue weighted by Crippen LogP contribution is -2.50. The molecule has 1 rings (SSSR count). The fourth-order valence-electron chi connectivity index (χ4n) is 2.12. The summed E-state index contributed by atoms with van der Waals surface area (Å²) in [6.07, 6.45) is 2.05. The average Bonchev–Trinajstić information content (AvgIpc) is 2.75. The number of esters is 1. The molecule has 1 heterocycles. The molecule has 5 heteroatoms. The van der Waals surface area contributed by atoms with Crippen LogP contribution in [-0.4, -0.2) is 36.7 Å². The molecule has 4 nitrogen and oxygen atoms in total. The SMILES string of the molecule is CCC(C)C(N[C@H]1CCNC1)C(=O)OC(C)(C)C.Cl. The third-order valence-corrected chi connectivity index (χ3v) is 3.35. The maximum absolute atomic E-state index is 12.2. The molecule has 2 N–H and O–H groups in total. The molecule has 1 aliphatic heterocycles. The molecule has 1 saturated heterocycles.